The number of aryl methyl sites for hydroxylation is 2. The quantitative estimate of drug-likeness (QED) is 0.416. The summed E-state index contributed by atoms with van der Waals surface area (Å²) in [7, 11) is 1.61. The van der Waals surface area contributed by atoms with Gasteiger partial charge < -0.3 is 0 Å². The number of aromatic nitrogens is 2. The van der Waals surface area contributed by atoms with Crippen molar-refractivity contribution in [3.8, 4) is 0 Å². The minimum atomic E-state index is -0.480. The van der Waals surface area contributed by atoms with Crippen LogP contribution in [0.15, 0.2) is 24.3 Å². The van der Waals surface area contributed by atoms with E-state index >= 15 is 0 Å². The number of benzene rings is 2. The van der Waals surface area contributed by atoms with Gasteiger partial charge in [0.2, 0.25) is 0 Å². The first-order chi connectivity index (χ1) is 10.9. The van der Waals surface area contributed by atoms with Crippen molar-refractivity contribution < 1.29 is 9.85 Å². The predicted octanol–water partition coefficient (Wildman–Crippen LogP) is 3.44. The summed E-state index contributed by atoms with van der Waals surface area (Å²) in [5.74, 6) is 0. The van der Waals surface area contributed by atoms with E-state index in [1.165, 1.54) is 16.8 Å². The SMILES string of the molecule is Cc1nn(C)c2c([N+](=O)[O-])cc3ccc4cc([N+](=O)[O-])c1c2c43. The van der Waals surface area contributed by atoms with Crippen LogP contribution in [0.5, 0.6) is 0 Å². The van der Waals surface area contributed by atoms with Crippen molar-refractivity contribution in [3.05, 3.63) is 50.2 Å². The van der Waals surface area contributed by atoms with Gasteiger partial charge in [0.25, 0.3) is 11.4 Å². The molecule has 0 amide bonds. The van der Waals surface area contributed by atoms with Gasteiger partial charge in [-0.3, -0.25) is 24.9 Å². The first-order valence-corrected chi connectivity index (χ1v) is 6.84. The second-order valence-corrected chi connectivity index (χ2v) is 5.50. The zero-order valence-corrected chi connectivity index (χ0v) is 12.2. The maximum atomic E-state index is 11.5. The summed E-state index contributed by atoms with van der Waals surface area (Å²) in [6.45, 7) is 1.67. The number of nitro benzene ring substituents is 2. The summed E-state index contributed by atoms with van der Waals surface area (Å²) in [6, 6.07) is 6.49. The van der Waals surface area contributed by atoms with Gasteiger partial charge in [0.05, 0.1) is 20.9 Å². The molecule has 0 N–H and O–H groups in total. The van der Waals surface area contributed by atoms with Crippen LogP contribution in [0.25, 0.3) is 32.4 Å². The van der Waals surface area contributed by atoms with Crippen molar-refractivity contribution in [2.24, 2.45) is 7.05 Å². The Kier molecular flexibility index (Phi) is 2.40. The summed E-state index contributed by atoms with van der Waals surface area (Å²) in [4.78, 5) is 22.0. The van der Waals surface area contributed by atoms with Gasteiger partial charge in [0.15, 0.2) is 0 Å². The lowest BCUT2D eigenvalue weighted by Gasteiger charge is -2.13. The third-order valence-electron chi connectivity index (χ3n) is 4.22. The minimum Gasteiger partial charge on any atom is -0.261 e. The number of nitrogens with zero attached hydrogens (tertiary/aromatic N) is 4. The van der Waals surface area contributed by atoms with Crippen molar-refractivity contribution in [2.45, 2.75) is 6.92 Å². The lowest BCUT2D eigenvalue weighted by molar-refractivity contribution is -0.383. The maximum Gasteiger partial charge on any atom is 0.295 e. The normalized spacial score (nSPS) is 11.7. The van der Waals surface area contributed by atoms with E-state index < -0.39 is 9.85 Å². The third kappa shape index (κ3) is 1.57. The summed E-state index contributed by atoms with van der Waals surface area (Å²) >= 11 is 0. The number of hydrogen-bond donors (Lipinski definition) is 0. The minimum absolute atomic E-state index is 0.0823. The molecule has 0 atom stereocenters. The summed E-state index contributed by atoms with van der Waals surface area (Å²) in [6.07, 6.45) is 0. The monoisotopic (exact) mass is 310 g/mol. The lowest BCUT2D eigenvalue weighted by atomic mass is 9.98. The van der Waals surface area contributed by atoms with Gasteiger partial charge in [0.1, 0.15) is 5.52 Å². The zero-order chi connectivity index (χ0) is 16.5. The van der Waals surface area contributed by atoms with Gasteiger partial charge in [-0.1, -0.05) is 12.1 Å². The van der Waals surface area contributed by atoms with Crippen LogP contribution >= 0.6 is 0 Å². The van der Waals surface area contributed by atoms with Crippen LogP contribution < -0.4 is 0 Å². The molecule has 0 spiro atoms. The molecule has 3 aromatic carbocycles. The highest BCUT2D eigenvalue weighted by Gasteiger charge is 2.27. The highest BCUT2D eigenvalue weighted by atomic mass is 16.6. The van der Waals surface area contributed by atoms with Crippen molar-refractivity contribution >= 4 is 43.8 Å². The topological polar surface area (TPSA) is 104 Å². The van der Waals surface area contributed by atoms with Gasteiger partial charge in [-0.15, -0.1) is 0 Å². The predicted molar refractivity (Wildman–Crippen MR) is 85.0 cm³/mol. The largest absolute Gasteiger partial charge is 0.295 e. The van der Waals surface area contributed by atoms with Crippen molar-refractivity contribution in [3.63, 3.8) is 0 Å². The molecule has 8 heteroatoms. The molecule has 0 aliphatic rings. The van der Waals surface area contributed by atoms with Crippen LogP contribution in [0.2, 0.25) is 0 Å². The van der Waals surface area contributed by atoms with Crippen molar-refractivity contribution in [2.75, 3.05) is 0 Å². The van der Waals surface area contributed by atoms with E-state index in [-0.39, 0.29) is 11.4 Å². The fourth-order valence-corrected chi connectivity index (χ4v) is 3.40. The molecular formula is C15H10N4O4. The summed E-state index contributed by atoms with van der Waals surface area (Å²) in [5, 5.41) is 30.2. The molecule has 4 rings (SSSR count). The first kappa shape index (κ1) is 13.4. The van der Waals surface area contributed by atoms with Gasteiger partial charge >= 0.3 is 0 Å². The van der Waals surface area contributed by atoms with Crippen LogP contribution in [0.4, 0.5) is 11.4 Å². The number of nitro groups is 2. The van der Waals surface area contributed by atoms with E-state index in [1.807, 2.05) is 0 Å². The van der Waals surface area contributed by atoms with E-state index in [0.29, 0.717) is 32.8 Å². The highest BCUT2D eigenvalue weighted by Crippen LogP contribution is 2.44. The average molecular weight is 310 g/mol. The number of non-ortho nitro benzene ring substituents is 2. The van der Waals surface area contributed by atoms with E-state index in [2.05, 4.69) is 5.10 Å². The van der Waals surface area contributed by atoms with E-state index in [4.69, 9.17) is 0 Å². The Morgan fingerprint density at radius 2 is 1.52 bits per heavy atom. The molecule has 0 unspecified atom stereocenters. The van der Waals surface area contributed by atoms with Crippen LogP contribution in [-0.2, 0) is 7.05 Å². The first-order valence-electron chi connectivity index (χ1n) is 6.84. The van der Waals surface area contributed by atoms with Crippen LogP contribution in [0.1, 0.15) is 5.69 Å². The Bertz CT molecular complexity index is 1060. The Balaban J connectivity index is 2.46. The number of hydrogen-bond acceptors (Lipinski definition) is 5. The average Bonchev–Trinajstić information content (AvgIpc) is 2.89. The molecule has 0 bridgehead atoms. The van der Waals surface area contributed by atoms with Gasteiger partial charge in [-0.05, 0) is 23.1 Å². The molecule has 1 heterocycles. The Morgan fingerprint density at radius 3 is 2.09 bits per heavy atom. The summed E-state index contributed by atoms with van der Waals surface area (Å²) < 4.78 is 1.42. The second kappa shape index (κ2) is 4.13. The molecule has 0 fully saturated rings. The molecule has 8 nitrogen and oxygen atoms in total. The fourth-order valence-electron chi connectivity index (χ4n) is 3.40. The van der Waals surface area contributed by atoms with Crippen molar-refractivity contribution in [1.29, 1.82) is 0 Å². The molecule has 0 radical (unpaired) electrons. The van der Waals surface area contributed by atoms with Gasteiger partial charge in [-0.2, -0.15) is 5.10 Å². The van der Waals surface area contributed by atoms with Crippen LogP contribution in [0.3, 0.4) is 0 Å². The lowest BCUT2D eigenvalue weighted by Crippen LogP contribution is -2.06. The van der Waals surface area contributed by atoms with E-state index in [0.717, 1.165) is 5.39 Å². The standard InChI is InChI=1S/C15H10N4O4/c1-7-12-10(18(20)21)5-8-3-4-9-6-11(19(22)23)15(17(2)16-7)14(12)13(8)9/h3-6H,1-2H3. The molecular weight excluding hydrogens is 300 g/mol. The third-order valence-corrected chi connectivity index (χ3v) is 4.22. The Morgan fingerprint density at radius 1 is 0.957 bits per heavy atom. The molecule has 0 aliphatic carbocycles. The zero-order valence-electron chi connectivity index (χ0n) is 12.2. The number of rotatable bonds is 2. The van der Waals surface area contributed by atoms with Crippen molar-refractivity contribution in [1.82, 2.24) is 9.78 Å². The molecule has 0 saturated heterocycles. The maximum absolute atomic E-state index is 11.5. The molecule has 114 valence electrons. The highest BCUT2D eigenvalue weighted by molar-refractivity contribution is 6.27. The Labute approximate surface area is 128 Å². The van der Waals surface area contributed by atoms with Gasteiger partial charge in [0, 0.05) is 24.6 Å². The fraction of sp³-hybridized carbons (Fsp3) is 0.133. The second-order valence-electron chi connectivity index (χ2n) is 5.50. The molecule has 0 saturated carbocycles. The molecule has 4 aromatic rings. The molecule has 0 aliphatic heterocycles. The molecule has 23 heavy (non-hydrogen) atoms. The van der Waals surface area contributed by atoms with Gasteiger partial charge in [-0.25, -0.2) is 0 Å². The Hall–Kier alpha value is -3.29. The molecule has 1 aromatic heterocycles. The van der Waals surface area contributed by atoms with Crippen LogP contribution in [0, 0.1) is 27.2 Å². The van der Waals surface area contributed by atoms with E-state index in [1.54, 1.807) is 26.1 Å². The smallest absolute Gasteiger partial charge is 0.261 e. The summed E-state index contributed by atoms with van der Waals surface area (Å²) in [5.41, 5.74) is 0.575. The van der Waals surface area contributed by atoms with E-state index in [9.17, 15) is 20.2 Å². The van der Waals surface area contributed by atoms with Crippen LogP contribution in [-0.4, -0.2) is 19.6 Å².